The lowest BCUT2D eigenvalue weighted by atomic mass is 10.6. The van der Waals surface area contributed by atoms with Crippen LogP contribution < -0.4 is 0 Å². The van der Waals surface area contributed by atoms with Crippen molar-refractivity contribution in [3.63, 3.8) is 0 Å². The van der Waals surface area contributed by atoms with Gasteiger partial charge in [0.2, 0.25) is 0 Å². The van der Waals surface area contributed by atoms with Crippen LogP contribution >= 0.6 is 10.3 Å². The van der Waals surface area contributed by atoms with Crippen molar-refractivity contribution in [1.82, 2.24) is 0 Å². The topological polar surface area (TPSA) is 57.5 Å². The van der Waals surface area contributed by atoms with Crippen LogP contribution in [0.4, 0.5) is 4.79 Å². The van der Waals surface area contributed by atoms with Crippen LogP contribution in [-0.2, 0) is 0 Å². The Morgan fingerprint density at radius 2 is 1.78 bits per heavy atom. The molecule has 4 heteroatoms. The number of rotatable bonds is 0. The molecule has 50 valence electrons. The standard InChI is InChI=1S/C5H6O3S/c6-5(7)9(8)3-1-2-4-9/h1-4,8H,(H,6,7). The van der Waals surface area contributed by atoms with Gasteiger partial charge in [-0.25, -0.2) is 4.79 Å². The largest absolute Gasteiger partial charge is 0.472 e. The molecular formula is C5H6O3S. The maximum Gasteiger partial charge on any atom is 0.377 e. The molecule has 3 nitrogen and oxygen atoms in total. The van der Waals surface area contributed by atoms with Crippen molar-refractivity contribution in [2.75, 3.05) is 0 Å². The average Bonchev–Trinajstić information content (AvgIpc) is 2.16. The Morgan fingerprint density at radius 3 is 2.00 bits per heavy atom. The second-order valence-corrected chi connectivity index (χ2v) is 3.84. The van der Waals surface area contributed by atoms with Gasteiger partial charge in [0, 0.05) is 10.3 Å². The Hall–Kier alpha value is -0.740. The second-order valence-electron chi connectivity index (χ2n) is 1.60. The van der Waals surface area contributed by atoms with Gasteiger partial charge in [-0.2, -0.15) is 0 Å². The fraction of sp³-hybridized carbons (Fsp3) is 0. The van der Waals surface area contributed by atoms with Gasteiger partial charge in [0.05, 0.1) is 0 Å². The predicted octanol–water partition coefficient (Wildman–Crippen LogP) is 1.98. The van der Waals surface area contributed by atoms with E-state index in [1.807, 2.05) is 0 Å². The Kier molecular flexibility index (Phi) is 1.34. The summed E-state index contributed by atoms with van der Waals surface area (Å²) in [7, 11) is -2.56. The molecule has 0 radical (unpaired) electrons. The van der Waals surface area contributed by atoms with Gasteiger partial charge < -0.3 is 9.66 Å². The summed E-state index contributed by atoms with van der Waals surface area (Å²) in [6.45, 7) is 0. The van der Waals surface area contributed by atoms with Crippen LogP contribution in [0.25, 0.3) is 0 Å². The van der Waals surface area contributed by atoms with Crippen LogP contribution in [0.3, 0.4) is 0 Å². The maximum absolute atomic E-state index is 10.2. The minimum absolute atomic E-state index is 1.16. The van der Waals surface area contributed by atoms with Crippen LogP contribution in [-0.4, -0.2) is 15.0 Å². The molecule has 1 rings (SSSR count). The van der Waals surface area contributed by atoms with Gasteiger partial charge in [0.1, 0.15) is 0 Å². The van der Waals surface area contributed by atoms with Crippen molar-refractivity contribution in [3.05, 3.63) is 23.0 Å². The summed E-state index contributed by atoms with van der Waals surface area (Å²) in [5.41, 5.74) is 0. The second kappa shape index (κ2) is 1.89. The lowest BCUT2D eigenvalue weighted by Crippen LogP contribution is -2.00. The highest BCUT2D eigenvalue weighted by atomic mass is 32.3. The Labute approximate surface area is 53.8 Å². The molecule has 2 N–H and O–H groups in total. The van der Waals surface area contributed by atoms with Crippen molar-refractivity contribution in [3.8, 4) is 0 Å². The Bertz CT molecular complexity index is 182. The Morgan fingerprint density at radius 1 is 1.33 bits per heavy atom. The van der Waals surface area contributed by atoms with E-state index in [2.05, 4.69) is 0 Å². The lowest BCUT2D eigenvalue weighted by Gasteiger charge is -2.15. The van der Waals surface area contributed by atoms with E-state index in [0.717, 1.165) is 0 Å². The van der Waals surface area contributed by atoms with E-state index >= 15 is 0 Å². The fourth-order valence-electron chi connectivity index (χ4n) is 0.492. The van der Waals surface area contributed by atoms with Crippen LogP contribution in [0.15, 0.2) is 23.0 Å². The summed E-state index contributed by atoms with van der Waals surface area (Å²) in [6.07, 6.45) is 3.06. The predicted molar refractivity (Wildman–Crippen MR) is 36.5 cm³/mol. The number of hydrogen-bond donors (Lipinski definition) is 2. The first-order chi connectivity index (χ1) is 4.15. The quantitative estimate of drug-likeness (QED) is 0.549. The van der Waals surface area contributed by atoms with Gasteiger partial charge in [0.15, 0.2) is 0 Å². The molecule has 0 spiro atoms. The monoisotopic (exact) mass is 146 g/mol. The number of hydrogen-bond acceptors (Lipinski definition) is 2. The molecule has 0 fully saturated rings. The van der Waals surface area contributed by atoms with Gasteiger partial charge in [-0.1, -0.05) is 12.2 Å². The summed E-state index contributed by atoms with van der Waals surface area (Å²) in [4.78, 5) is 10.2. The fourth-order valence-corrected chi connectivity index (χ4v) is 1.48. The van der Waals surface area contributed by atoms with Crippen LogP contribution in [0.2, 0.25) is 0 Å². The Balaban J connectivity index is 2.88. The number of carbonyl (C=O) groups is 1. The van der Waals surface area contributed by atoms with Gasteiger partial charge >= 0.3 is 5.30 Å². The third-order valence-electron chi connectivity index (χ3n) is 0.963. The molecule has 0 amide bonds. The molecule has 0 aliphatic carbocycles. The lowest BCUT2D eigenvalue weighted by molar-refractivity contribution is 0.219. The van der Waals surface area contributed by atoms with E-state index in [9.17, 15) is 4.79 Å². The van der Waals surface area contributed by atoms with Gasteiger partial charge in [-0.05, 0) is 10.8 Å². The van der Waals surface area contributed by atoms with Crippen molar-refractivity contribution < 1.29 is 14.5 Å². The van der Waals surface area contributed by atoms with E-state index in [1.54, 1.807) is 0 Å². The minimum atomic E-state index is -2.56. The van der Waals surface area contributed by atoms with E-state index < -0.39 is 15.6 Å². The molecule has 1 aliphatic heterocycles. The van der Waals surface area contributed by atoms with Gasteiger partial charge in [-0.15, -0.1) is 0 Å². The highest BCUT2D eigenvalue weighted by Gasteiger charge is 2.24. The number of allylic oxidation sites excluding steroid dienone is 2. The molecule has 0 aromatic carbocycles. The average molecular weight is 146 g/mol. The normalized spacial score (nSPS) is 24.1. The van der Waals surface area contributed by atoms with Gasteiger partial charge in [0.25, 0.3) is 0 Å². The minimum Gasteiger partial charge on any atom is -0.472 e. The van der Waals surface area contributed by atoms with E-state index in [4.69, 9.17) is 9.66 Å². The first-order valence-electron chi connectivity index (χ1n) is 2.29. The third kappa shape index (κ3) is 0.988. The molecule has 0 unspecified atom stereocenters. The van der Waals surface area contributed by atoms with Crippen LogP contribution in [0.1, 0.15) is 0 Å². The van der Waals surface area contributed by atoms with Crippen molar-refractivity contribution >= 4 is 15.6 Å². The number of carboxylic acid groups (broad SMARTS) is 1. The molecular weight excluding hydrogens is 140 g/mol. The van der Waals surface area contributed by atoms with Crippen LogP contribution in [0, 0.1) is 0 Å². The summed E-state index contributed by atoms with van der Waals surface area (Å²) in [6, 6.07) is 0. The molecule has 1 heterocycles. The maximum atomic E-state index is 10.2. The molecule has 0 atom stereocenters. The zero-order valence-electron chi connectivity index (χ0n) is 4.52. The highest BCUT2D eigenvalue weighted by Crippen LogP contribution is 2.49. The SMILES string of the molecule is O=C(O)S1(O)C=CC=C1. The van der Waals surface area contributed by atoms with E-state index in [1.165, 1.54) is 23.0 Å². The molecule has 0 aromatic rings. The molecule has 0 aromatic heterocycles. The molecule has 1 aliphatic rings. The highest BCUT2D eigenvalue weighted by molar-refractivity contribution is 8.45. The van der Waals surface area contributed by atoms with Crippen molar-refractivity contribution in [1.29, 1.82) is 0 Å². The van der Waals surface area contributed by atoms with E-state index in [-0.39, 0.29) is 0 Å². The van der Waals surface area contributed by atoms with Gasteiger partial charge in [-0.3, -0.25) is 0 Å². The molecule has 0 saturated carbocycles. The zero-order valence-corrected chi connectivity index (χ0v) is 5.34. The summed E-state index contributed by atoms with van der Waals surface area (Å²) in [5.74, 6) is 0. The first kappa shape index (κ1) is 6.38. The molecule has 0 bridgehead atoms. The smallest absolute Gasteiger partial charge is 0.377 e. The van der Waals surface area contributed by atoms with Crippen molar-refractivity contribution in [2.24, 2.45) is 0 Å². The first-order valence-corrected chi connectivity index (χ1v) is 4.00. The van der Waals surface area contributed by atoms with Crippen molar-refractivity contribution in [2.45, 2.75) is 0 Å². The summed E-state index contributed by atoms with van der Waals surface area (Å²) >= 11 is 0. The summed E-state index contributed by atoms with van der Waals surface area (Å²) in [5, 5.41) is 9.80. The molecule has 9 heavy (non-hydrogen) atoms. The summed E-state index contributed by atoms with van der Waals surface area (Å²) < 4.78 is 9.08. The zero-order chi connectivity index (χ0) is 6.91. The molecule has 0 saturated heterocycles. The third-order valence-corrected chi connectivity index (χ3v) is 2.67. The van der Waals surface area contributed by atoms with E-state index in [0.29, 0.717) is 0 Å². The van der Waals surface area contributed by atoms with Crippen LogP contribution in [0.5, 0.6) is 0 Å².